The lowest BCUT2D eigenvalue weighted by atomic mass is 10.3. The molecule has 0 amide bonds. The number of hydrogen-bond acceptors (Lipinski definition) is 4. The second kappa shape index (κ2) is 6.37. The predicted molar refractivity (Wildman–Crippen MR) is 59.7 cm³/mol. The maximum Gasteiger partial charge on any atom is 0.128 e. The maximum atomic E-state index is 8.88. The Balaban J connectivity index is 2.65. The van der Waals surface area contributed by atoms with Gasteiger partial charge in [0.15, 0.2) is 0 Å². The van der Waals surface area contributed by atoms with E-state index < -0.39 is 0 Å². The summed E-state index contributed by atoms with van der Waals surface area (Å²) in [5, 5.41) is 17.6. The van der Waals surface area contributed by atoms with Gasteiger partial charge in [0, 0.05) is 25.9 Å². The van der Waals surface area contributed by atoms with Gasteiger partial charge in [-0.2, -0.15) is 0 Å². The molecule has 0 unspecified atom stereocenters. The van der Waals surface area contributed by atoms with E-state index in [1.54, 1.807) is 6.20 Å². The summed E-state index contributed by atoms with van der Waals surface area (Å²) >= 11 is 0. The van der Waals surface area contributed by atoms with Gasteiger partial charge in [0.25, 0.3) is 0 Å². The van der Waals surface area contributed by atoms with Crippen molar-refractivity contribution >= 4 is 5.82 Å². The molecule has 1 aromatic rings. The zero-order chi connectivity index (χ0) is 11.1. The molecule has 1 heterocycles. The summed E-state index contributed by atoms with van der Waals surface area (Å²) in [5.74, 6) is 0.892. The van der Waals surface area contributed by atoms with E-state index in [0.29, 0.717) is 0 Å². The number of hydrogen-bond donors (Lipinski definition) is 2. The van der Waals surface area contributed by atoms with Crippen molar-refractivity contribution in [2.24, 2.45) is 0 Å². The van der Waals surface area contributed by atoms with E-state index in [1.807, 2.05) is 12.1 Å². The van der Waals surface area contributed by atoms with E-state index in [9.17, 15) is 0 Å². The first kappa shape index (κ1) is 11.9. The zero-order valence-corrected chi connectivity index (χ0v) is 9.06. The van der Waals surface area contributed by atoms with Gasteiger partial charge in [0.2, 0.25) is 0 Å². The van der Waals surface area contributed by atoms with E-state index >= 15 is 0 Å². The molecule has 84 valence electrons. The van der Waals surface area contributed by atoms with E-state index in [1.165, 1.54) is 0 Å². The van der Waals surface area contributed by atoms with Crippen LogP contribution in [0.15, 0.2) is 18.3 Å². The smallest absolute Gasteiger partial charge is 0.128 e. The minimum absolute atomic E-state index is 0.0239. The molecule has 2 N–H and O–H groups in total. The predicted octanol–water partition coefficient (Wildman–Crippen LogP) is 0.783. The van der Waals surface area contributed by atoms with Crippen molar-refractivity contribution in [1.82, 2.24) is 4.98 Å². The zero-order valence-electron chi connectivity index (χ0n) is 9.06. The Morgan fingerprint density at radius 2 is 2.13 bits per heavy atom. The Morgan fingerprint density at radius 3 is 2.60 bits per heavy atom. The van der Waals surface area contributed by atoms with Crippen molar-refractivity contribution < 1.29 is 10.2 Å². The first-order chi connectivity index (χ1) is 7.31. The van der Waals surface area contributed by atoms with Crippen LogP contribution in [-0.2, 0) is 6.61 Å². The van der Waals surface area contributed by atoms with Crippen LogP contribution < -0.4 is 4.90 Å². The normalized spacial score (nSPS) is 10.3. The third kappa shape index (κ3) is 3.49. The number of anilines is 1. The van der Waals surface area contributed by atoms with Crippen LogP contribution in [0.5, 0.6) is 0 Å². The highest BCUT2D eigenvalue weighted by molar-refractivity contribution is 5.38. The second-order valence-electron chi connectivity index (χ2n) is 3.34. The molecule has 0 aromatic carbocycles. The number of pyridine rings is 1. The van der Waals surface area contributed by atoms with Gasteiger partial charge in [-0.15, -0.1) is 0 Å². The van der Waals surface area contributed by atoms with Gasteiger partial charge in [-0.3, -0.25) is 0 Å². The number of aliphatic hydroxyl groups is 2. The van der Waals surface area contributed by atoms with Crippen molar-refractivity contribution in [2.75, 3.05) is 24.6 Å². The van der Waals surface area contributed by atoms with E-state index in [-0.39, 0.29) is 13.2 Å². The lowest BCUT2D eigenvalue weighted by Gasteiger charge is -2.21. The topological polar surface area (TPSA) is 56.6 Å². The van der Waals surface area contributed by atoms with Crippen molar-refractivity contribution in [2.45, 2.75) is 20.0 Å². The molecule has 0 saturated heterocycles. The average Bonchev–Trinajstić information content (AvgIpc) is 2.31. The van der Waals surface area contributed by atoms with Gasteiger partial charge in [-0.25, -0.2) is 4.98 Å². The summed E-state index contributed by atoms with van der Waals surface area (Å²) in [4.78, 5) is 6.35. The number of aromatic nitrogens is 1. The highest BCUT2D eigenvalue weighted by Gasteiger charge is 2.04. The van der Waals surface area contributed by atoms with Gasteiger partial charge < -0.3 is 15.1 Å². The van der Waals surface area contributed by atoms with Crippen LogP contribution in [0.2, 0.25) is 0 Å². The Morgan fingerprint density at radius 1 is 1.33 bits per heavy atom. The standard InChI is InChI=1S/C11H18N2O2/c1-2-13(6-3-7-14)11-5-4-10(9-15)8-12-11/h4-5,8,14-15H,2-3,6-7,9H2,1H3. The van der Waals surface area contributed by atoms with E-state index in [0.717, 1.165) is 30.9 Å². The van der Waals surface area contributed by atoms with Crippen molar-refractivity contribution in [1.29, 1.82) is 0 Å². The average molecular weight is 210 g/mol. The molecule has 0 aliphatic heterocycles. The van der Waals surface area contributed by atoms with Crippen molar-refractivity contribution in [3.8, 4) is 0 Å². The number of aliphatic hydroxyl groups excluding tert-OH is 2. The van der Waals surface area contributed by atoms with Crippen molar-refractivity contribution in [3.05, 3.63) is 23.9 Å². The highest BCUT2D eigenvalue weighted by Crippen LogP contribution is 2.11. The minimum Gasteiger partial charge on any atom is -0.396 e. The minimum atomic E-state index is 0.0239. The molecule has 4 heteroatoms. The van der Waals surface area contributed by atoms with Crippen molar-refractivity contribution in [3.63, 3.8) is 0 Å². The van der Waals surface area contributed by atoms with Gasteiger partial charge in [-0.1, -0.05) is 6.07 Å². The summed E-state index contributed by atoms with van der Waals surface area (Å²) in [6.45, 7) is 3.95. The van der Waals surface area contributed by atoms with Crippen LogP contribution >= 0.6 is 0 Å². The molecule has 0 bridgehead atoms. The third-order valence-electron chi connectivity index (χ3n) is 2.28. The molecule has 4 nitrogen and oxygen atoms in total. The third-order valence-corrected chi connectivity index (χ3v) is 2.28. The fourth-order valence-corrected chi connectivity index (χ4v) is 1.39. The van der Waals surface area contributed by atoms with Gasteiger partial charge >= 0.3 is 0 Å². The molecular formula is C11H18N2O2. The Kier molecular flexibility index (Phi) is 5.07. The first-order valence-corrected chi connectivity index (χ1v) is 5.23. The largest absolute Gasteiger partial charge is 0.396 e. The Labute approximate surface area is 90.2 Å². The summed E-state index contributed by atoms with van der Waals surface area (Å²) in [6.07, 6.45) is 2.42. The lowest BCUT2D eigenvalue weighted by Crippen LogP contribution is -2.25. The number of nitrogens with zero attached hydrogens (tertiary/aromatic N) is 2. The van der Waals surface area contributed by atoms with Crippen LogP contribution in [0.4, 0.5) is 5.82 Å². The lowest BCUT2D eigenvalue weighted by molar-refractivity contribution is 0.281. The van der Waals surface area contributed by atoms with Crippen LogP contribution in [0.25, 0.3) is 0 Å². The highest BCUT2D eigenvalue weighted by atomic mass is 16.3. The second-order valence-corrected chi connectivity index (χ2v) is 3.34. The Bertz CT molecular complexity index is 274. The summed E-state index contributed by atoms with van der Waals surface area (Å²) in [6, 6.07) is 3.76. The molecule has 0 aliphatic rings. The van der Waals surface area contributed by atoms with Crippen LogP contribution in [0.3, 0.4) is 0 Å². The van der Waals surface area contributed by atoms with Gasteiger partial charge in [-0.05, 0) is 25.0 Å². The van der Waals surface area contributed by atoms with Gasteiger partial charge in [0.05, 0.1) is 6.61 Å². The molecule has 15 heavy (non-hydrogen) atoms. The maximum absolute atomic E-state index is 8.88. The summed E-state index contributed by atoms with van der Waals surface area (Å²) in [5.41, 5.74) is 0.817. The molecule has 0 fully saturated rings. The van der Waals surface area contributed by atoms with Crippen LogP contribution in [0, 0.1) is 0 Å². The fourth-order valence-electron chi connectivity index (χ4n) is 1.39. The SMILES string of the molecule is CCN(CCCO)c1ccc(CO)cn1. The summed E-state index contributed by atoms with van der Waals surface area (Å²) in [7, 11) is 0. The fraction of sp³-hybridized carbons (Fsp3) is 0.545. The Hall–Kier alpha value is -1.13. The molecule has 0 saturated carbocycles. The molecule has 0 atom stereocenters. The molecular weight excluding hydrogens is 192 g/mol. The van der Waals surface area contributed by atoms with Crippen LogP contribution in [-0.4, -0.2) is 34.9 Å². The van der Waals surface area contributed by atoms with E-state index in [4.69, 9.17) is 10.2 Å². The van der Waals surface area contributed by atoms with E-state index in [2.05, 4.69) is 16.8 Å². The molecule has 1 rings (SSSR count). The molecule has 1 aromatic heterocycles. The molecule has 0 aliphatic carbocycles. The van der Waals surface area contributed by atoms with Crippen LogP contribution in [0.1, 0.15) is 18.9 Å². The monoisotopic (exact) mass is 210 g/mol. The first-order valence-electron chi connectivity index (χ1n) is 5.23. The van der Waals surface area contributed by atoms with Gasteiger partial charge in [0.1, 0.15) is 5.82 Å². The quantitative estimate of drug-likeness (QED) is 0.728. The summed E-state index contributed by atoms with van der Waals surface area (Å²) < 4.78 is 0. The number of rotatable bonds is 6. The molecule has 0 radical (unpaired) electrons. The molecule has 0 spiro atoms.